The van der Waals surface area contributed by atoms with E-state index in [1.54, 1.807) is 7.11 Å². The Morgan fingerprint density at radius 2 is 1.84 bits per heavy atom. The van der Waals surface area contributed by atoms with Crippen molar-refractivity contribution in [3.05, 3.63) is 88.2 Å². The average Bonchev–Trinajstić information content (AvgIpc) is 3.50. The largest absolute Gasteiger partial charge is 0.497 e. The summed E-state index contributed by atoms with van der Waals surface area (Å²) >= 11 is 6.62. The third-order valence-electron chi connectivity index (χ3n) is 5.97. The Hall–Kier alpha value is -3.05. The van der Waals surface area contributed by atoms with E-state index in [9.17, 15) is 4.79 Å². The van der Waals surface area contributed by atoms with Crippen LogP contribution < -0.4 is 9.47 Å². The number of nitrogens with zero attached hydrogens (tertiary/aromatic N) is 1. The first-order valence-corrected chi connectivity index (χ1v) is 10.4. The number of halogens is 1. The van der Waals surface area contributed by atoms with Gasteiger partial charge in [0, 0.05) is 22.8 Å². The van der Waals surface area contributed by atoms with Gasteiger partial charge in [0.2, 0.25) is 0 Å². The highest BCUT2D eigenvalue weighted by Gasteiger charge is 2.53. The number of rotatable bonds is 7. The summed E-state index contributed by atoms with van der Waals surface area (Å²) in [7, 11) is 3.01. The lowest BCUT2D eigenvalue weighted by Gasteiger charge is -2.14. The van der Waals surface area contributed by atoms with Crippen molar-refractivity contribution in [2.75, 3.05) is 14.2 Å². The Morgan fingerprint density at radius 1 is 1.10 bits per heavy atom. The maximum atomic E-state index is 11.8. The molecule has 0 N–H and O–H groups in total. The fourth-order valence-electron chi connectivity index (χ4n) is 3.89. The van der Waals surface area contributed by atoms with Crippen LogP contribution in [0.4, 0.5) is 0 Å². The van der Waals surface area contributed by atoms with E-state index in [2.05, 4.69) is 11.9 Å². The summed E-state index contributed by atoms with van der Waals surface area (Å²) in [5.74, 6) is 1.41. The standard InChI is InChI=1S/C25H24ClNO4/c1-25(18-10-17(13-27-14-18)24(28)30-3)12-22(25)21-9-8-20(11-23(21)26)31-15-16-4-6-19(29-2)7-5-16/h4-11,13-14,22H,12,15H2,1-3H3. The Labute approximate surface area is 186 Å². The summed E-state index contributed by atoms with van der Waals surface area (Å²) in [4.78, 5) is 16.1. The first-order valence-electron chi connectivity index (χ1n) is 10.0. The zero-order chi connectivity index (χ0) is 22.0. The van der Waals surface area contributed by atoms with E-state index in [-0.39, 0.29) is 17.3 Å². The second kappa shape index (κ2) is 8.60. The fraction of sp³-hybridized carbons (Fsp3) is 0.280. The van der Waals surface area contributed by atoms with Crippen molar-refractivity contribution in [2.45, 2.75) is 31.3 Å². The normalized spacial score (nSPS) is 19.5. The van der Waals surface area contributed by atoms with Gasteiger partial charge in [-0.2, -0.15) is 0 Å². The first kappa shape index (κ1) is 21.2. The minimum absolute atomic E-state index is 0.119. The lowest BCUT2D eigenvalue weighted by molar-refractivity contribution is 0.0600. The fourth-order valence-corrected chi connectivity index (χ4v) is 4.19. The van der Waals surface area contributed by atoms with Crippen molar-refractivity contribution in [2.24, 2.45) is 0 Å². The molecule has 1 aliphatic rings. The van der Waals surface area contributed by atoms with E-state index in [0.717, 1.165) is 34.6 Å². The minimum Gasteiger partial charge on any atom is -0.497 e. The quantitative estimate of drug-likeness (QED) is 0.453. The van der Waals surface area contributed by atoms with Crippen molar-refractivity contribution in [3.8, 4) is 11.5 Å². The van der Waals surface area contributed by atoms with Gasteiger partial charge in [-0.05, 0) is 59.4 Å². The molecule has 2 atom stereocenters. The summed E-state index contributed by atoms with van der Waals surface area (Å²) in [6.45, 7) is 2.62. The number of aromatic nitrogens is 1. The Kier molecular flexibility index (Phi) is 5.88. The van der Waals surface area contributed by atoms with Gasteiger partial charge in [-0.1, -0.05) is 36.7 Å². The Morgan fingerprint density at radius 3 is 2.52 bits per heavy atom. The smallest absolute Gasteiger partial charge is 0.339 e. The third kappa shape index (κ3) is 4.37. The highest BCUT2D eigenvalue weighted by atomic mass is 35.5. The maximum absolute atomic E-state index is 11.8. The molecule has 0 saturated heterocycles. The van der Waals surface area contributed by atoms with Crippen molar-refractivity contribution in [1.82, 2.24) is 4.98 Å². The second-order valence-electron chi connectivity index (χ2n) is 7.95. The molecule has 0 amide bonds. The molecule has 31 heavy (non-hydrogen) atoms. The van der Waals surface area contributed by atoms with Crippen LogP contribution in [0.2, 0.25) is 5.02 Å². The molecular formula is C25H24ClNO4. The highest BCUT2D eigenvalue weighted by molar-refractivity contribution is 6.31. The number of hydrogen-bond acceptors (Lipinski definition) is 5. The SMILES string of the molecule is COC(=O)c1cncc(C2(C)CC2c2ccc(OCc3ccc(OC)cc3)cc2Cl)c1. The van der Waals surface area contributed by atoms with Gasteiger partial charge in [0.15, 0.2) is 0 Å². The second-order valence-corrected chi connectivity index (χ2v) is 8.36. The van der Waals surface area contributed by atoms with Crippen molar-refractivity contribution in [1.29, 1.82) is 0 Å². The summed E-state index contributed by atoms with van der Waals surface area (Å²) in [5, 5.41) is 0.679. The van der Waals surface area contributed by atoms with Crippen molar-refractivity contribution < 1.29 is 19.0 Å². The number of methoxy groups -OCH3 is 2. The van der Waals surface area contributed by atoms with Crippen LogP contribution in [-0.2, 0) is 16.8 Å². The van der Waals surface area contributed by atoms with Crippen LogP contribution in [0.15, 0.2) is 60.9 Å². The topological polar surface area (TPSA) is 57.7 Å². The molecule has 0 spiro atoms. The van der Waals surface area contributed by atoms with E-state index >= 15 is 0 Å². The molecule has 1 aromatic heterocycles. The highest BCUT2D eigenvalue weighted by Crippen LogP contribution is 2.61. The molecule has 2 aromatic carbocycles. The summed E-state index contributed by atoms with van der Waals surface area (Å²) in [5.41, 5.74) is 3.47. The van der Waals surface area contributed by atoms with Crippen LogP contribution >= 0.6 is 11.6 Å². The van der Waals surface area contributed by atoms with Gasteiger partial charge in [0.1, 0.15) is 18.1 Å². The molecule has 3 aromatic rings. The number of benzene rings is 2. The van der Waals surface area contributed by atoms with Gasteiger partial charge in [0.05, 0.1) is 19.8 Å². The van der Waals surface area contributed by atoms with Crippen LogP contribution in [0.1, 0.15) is 46.3 Å². The Balaban J connectivity index is 1.46. The number of ether oxygens (including phenoxy) is 3. The van der Waals surface area contributed by atoms with Crippen LogP contribution in [-0.4, -0.2) is 25.2 Å². The van der Waals surface area contributed by atoms with Crippen LogP contribution in [0.3, 0.4) is 0 Å². The molecule has 1 aliphatic carbocycles. The molecule has 160 valence electrons. The van der Waals surface area contributed by atoms with E-state index < -0.39 is 0 Å². The molecule has 1 heterocycles. The van der Waals surface area contributed by atoms with E-state index in [0.29, 0.717) is 17.2 Å². The van der Waals surface area contributed by atoms with Gasteiger partial charge in [-0.15, -0.1) is 0 Å². The molecule has 0 bridgehead atoms. The van der Waals surface area contributed by atoms with Crippen LogP contribution in [0.5, 0.6) is 11.5 Å². The number of carbonyl (C=O) groups excluding carboxylic acids is 1. The molecule has 1 fully saturated rings. The van der Waals surface area contributed by atoms with Crippen LogP contribution in [0, 0.1) is 0 Å². The predicted molar refractivity (Wildman–Crippen MR) is 119 cm³/mol. The lowest BCUT2D eigenvalue weighted by atomic mass is 9.93. The lowest BCUT2D eigenvalue weighted by Crippen LogP contribution is -2.09. The number of hydrogen-bond donors (Lipinski definition) is 0. The Bertz CT molecular complexity index is 1100. The molecule has 4 rings (SSSR count). The summed E-state index contributed by atoms with van der Waals surface area (Å²) in [6, 6.07) is 15.5. The van der Waals surface area contributed by atoms with E-state index in [1.165, 1.54) is 13.3 Å². The van der Waals surface area contributed by atoms with Crippen molar-refractivity contribution in [3.63, 3.8) is 0 Å². The van der Waals surface area contributed by atoms with Gasteiger partial charge in [-0.3, -0.25) is 4.98 Å². The molecule has 2 unspecified atom stereocenters. The zero-order valence-electron chi connectivity index (χ0n) is 17.7. The predicted octanol–water partition coefficient (Wildman–Crippen LogP) is 5.55. The monoisotopic (exact) mass is 437 g/mol. The van der Waals surface area contributed by atoms with Gasteiger partial charge in [-0.25, -0.2) is 4.79 Å². The molecule has 1 saturated carbocycles. The zero-order valence-corrected chi connectivity index (χ0v) is 18.5. The van der Waals surface area contributed by atoms with E-state index in [4.69, 9.17) is 25.8 Å². The molecular weight excluding hydrogens is 414 g/mol. The molecule has 6 heteroatoms. The first-order chi connectivity index (χ1) is 14.9. The van der Waals surface area contributed by atoms with Gasteiger partial charge >= 0.3 is 5.97 Å². The third-order valence-corrected chi connectivity index (χ3v) is 6.30. The average molecular weight is 438 g/mol. The minimum atomic E-state index is -0.383. The van der Waals surface area contributed by atoms with Crippen molar-refractivity contribution >= 4 is 17.6 Å². The summed E-state index contributed by atoms with van der Waals surface area (Å²) < 4.78 is 15.9. The number of carbonyl (C=O) groups is 1. The molecule has 0 radical (unpaired) electrons. The molecule has 0 aliphatic heterocycles. The van der Waals surface area contributed by atoms with Crippen LogP contribution in [0.25, 0.3) is 0 Å². The number of esters is 1. The van der Waals surface area contributed by atoms with Gasteiger partial charge in [0.25, 0.3) is 0 Å². The molecule has 5 nitrogen and oxygen atoms in total. The summed E-state index contributed by atoms with van der Waals surface area (Å²) in [6.07, 6.45) is 4.27. The number of pyridine rings is 1. The maximum Gasteiger partial charge on any atom is 0.339 e. The van der Waals surface area contributed by atoms with Gasteiger partial charge < -0.3 is 14.2 Å². The van der Waals surface area contributed by atoms with E-state index in [1.807, 2.05) is 54.7 Å².